The first-order valence-electron chi connectivity index (χ1n) is 7.53. The summed E-state index contributed by atoms with van der Waals surface area (Å²) in [7, 11) is 0. The van der Waals surface area contributed by atoms with E-state index < -0.39 is 17.8 Å². The molecule has 1 fully saturated rings. The topological polar surface area (TPSA) is 58.4 Å². The van der Waals surface area contributed by atoms with Crippen molar-refractivity contribution in [1.82, 2.24) is 10.1 Å². The van der Waals surface area contributed by atoms with E-state index in [0.29, 0.717) is 24.4 Å². The van der Waals surface area contributed by atoms with Gasteiger partial charge in [0.05, 0.1) is 17.3 Å². The molecule has 1 aromatic heterocycles. The van der Waals surface area contributed by atoms with E-state index in [1.165, 1.54) is 23.1 Å². The number of carbonyl (C=O) groups is 1. The molecular weight excluding hydrogens is 323 g/mol. The molecule has 2 heterocycles. The fraction of sp³-hybridized carbons (Fsp3) is 0.375. The maximum absolute atomic E-state index is 13.0. The van der Waals surface area contributed by atoms with Crippen LogP contribution in [0, 0.1) is 6.92 Å². The Morgan fingerprint density at radius 3 is 2.79 bits per heavy atom. The van der Waals surface area contributed by atoms with Crippen LogP contribution in [0.25, 0.3) is 0 Å². The highest BCUT2D eigenvalue weighted by Gasteiger charge is 2.36. The molecule has 5 nitrogen and oxygen atoms in total. The van der Waals surface area contributed by atoms with Gasteiger partial charge in [-0.2, -0.15) is 13.2 Å². The van der Waals surface area contributed by atoms with Crippen molar-refractivity contribution in [3.63, 3.8) is 0 Å². The molecule has 2 aromatic rings. The van der Waals surface area contributed by atoms with Crippen molar-refractivity contribution in [1.29, 1.82) is 0 Å². The number of nitrogens with zero attached hydrogens (tertiary/aromatic N) is 2. The molecule has 1 unspecified atom stereocenters. The number of nitrogens with one attached hydrogen (secondary N) is 1. The third kappa shape index (κ3) is 3.22. The number of para-hydroxylation sites is 1. The van der Waals surface area contributed by atoms with Crippen molar-refractivity contribution in [3.05, 3.63) is 47.3 Å². The minimum Gasteiger partial charge on any atom is -0.361 e. The standard InChI is InChI=1S/C16H16F3N3O2/c1-10-9-13(21-24-10)14-7-4-8-22(14)15(23)20-12-6-3-2-5-11(12)16(17,18)19/h2-3,5-6,9,14H,4,7-8H2,1H3,(H,20,23). The number of carbonyl (C=O) groups excluding carboxylic acids is 1. The Morgan fingerprint density at radius 2 is 2.12 bits per heavy atom. The summed E-state index contributed by atoms with van der Waals surface area (Å²) in [4.78, 5) is 14.0. The lowest BCUT2D eigenvalue weighted by atomic mass is 10.1. The lowest BCUT2D eigenvalue weighted by Crippen LogP contribution is -2.35. The average Bonchev–Trinajstić information content (AvgIpc) is 3.15. The van der Waals surface area contributed by atoms with Gasteiger partial charge in [0.25, 0.3) is 0 Å². The number of hydrogen-bond acceptors (Lipinski definition) is 3. The summed E-state index contributed by atoms with van der Waals surface area (Å²) in [6.07, 6.45) is -3.08. The van der Waals surface area contributed by atoms with Gasteiger partial charge in [-0.25, -0.2) is 4.79 Å². The van der Waals surface area contributed by atoms with Crippen molar-refractivity contribution in [2.24, 2.45) is 0 Å². The summed E-state index contributed by atoms with van der Waals surface area (Å²) in [6.45, 7) is 2.20. The lowest BCUT2D eigenvalue weighted by Gasteiger charge is -2.24. The molecule has 24 heavy (non-hydrogen) atoms. The van der Waals surface area contributed by atoms with E-state index in [-0.39, 0.29) is 11.7 Å². The Labute approximate surface area is 136 Å². The fourth-order valence-electron chi connectivity index (χ4n) is 2.89. The van der Waals surface area contributed by atoms with Gasteiger partial charge in [-0.3, -0.25) is 0 Å². The van der Waals surface area contributed by atoms with Crippen LogP contribution in [0.15, 0.2) is 34.9 Å². The Kier molecular flexibility index (Phi) is 4.21. The molecule has 0 aliphatic carbocycles. The van der Waals surface area contributed by atoms with Gasteiger partial charge >= 0.3 is 12.2 Å². The average molecular weight is 339 g/mol. The van der Waals surface area contributed by atoms with Gasteiger partial charge in [-0.15, -0.1) is 0 Å². The number of urea groups is 1. The van der Waals surface area contributed by atoms with Crippen molar-refractivity contribution >= 4 is 11.7 Å². The number of aryl methyl sites for hydroxylation is 1. The van der Waals surface area contributed by atoms with E-state index in [1.807, 2.05) is 0 Å². The minimum atomic E-state index is -4.53. The van der Waals surface area contributed by atoms with Gasteiger partial charge in [0.1, 0.15) is 11.5 Å². The molecule has 0 saturated carbocycles. The highest BCUT2D eigenvalue weighted by Crippen LogP contribution is 2.36. The number of aromatic nitrogens is 1. The molecule has 1 N–H and O–H groups in total. The zero-order valence-electron chi connectivity index (χ0n) is 12.9. The second kappa shape index (κ2) is 6.18. The van der Waals surface area contributed by atoms with E-state index in [4.69, 9.17) is 4.52 Å². The third-order valence-electron chi connectivity index (χ3n) is 3.98. The van der Waals surface area contributed by atoms with Crippen molar-refractivity contribution < 1.29 is 22.5 Å². The third-order valence-corrected chi connectivity index (χ3v) is 3.98. The molecule has 128 valence electrons. The molecule has 8 heteroatoms. The molecule has 1 atom stereocenters. The van der Waals surface area contributed by atoms with Crippen LogP contribution in [0.4, 0.5) is 23.7 Å². The molecule has 1 aromatic carbocycles. The molecule has 1 aliphatic rings. The van der Waals surface area contributed by atoms with E-state index >= 15 is 0 Å². The SMILES string of the molecule is Cc1cc(C2CCCN2C(=O)Nc2ccccc2C(F)(F)F)no1. The second-order valence-corrected chi connectivity index (χ2v) is 5.69. The summed E-state index contributed by atoms with van der Waals surface area (Å²) in [5.41, 5.74) is -0.507. The van der Waals surface area contributed by atoms with E-state index in [0.717, 1.165) is 12.5 Å². The number of hydrogen-bond donors (Lipinski definition) is 1. The number of halogens is 3. The number of amides is 2. The van der Waals surface area contributed by atoms with Crippen molar-refractivity contribution in [2.45, 2.75) is 32.0 Å². The Hall–Kier alpha value is -2.51. The fourth-order valence-corrected chi connectivity index (χ4v) is 2.89. The van der Waals surface area contributed by atoms with Crippen molar-refractivity contribution in [2.75, 3.05) is 11.9 Å². The Morgan fingerprint density at radius 1 is 1.38 bits per heavy atom. The highest BCUT2D eigenvalue weighted by molar-refractivity contribution is 5.90. The van der Waals surface area contributed by atoms with Crippen LogP contribution >= 0.6 is 0 Å². The monoisotopic (exact) mass is 339 g/mol. The first-order chi connectivity index (χ1) is 11.4. The molecule has 0 spiro atoms. The van der Waals surface area contributed by atoms with E-state index in [1.54, 1.807) is 13.0 Å². The molecule has 1 aliphatic heterocycles. The van der Waals surface area contributed by atoms with Gasteiger partial charge in [-0.1, -0.05) is 17.3 Å². The zero-order chi connectivity index (χ0) is 17.3. The van der Waals surface area contributed by atoms with Gasteiger partial charge < -0.3 is 14.7 Å². The lowest BCUT2D eigenvalue weighted by molar-refractivity contribution is -0.136. The molecule has 0 radical (unpaired) electrons. The number of likely N-dealkylation sites (tertiary alicyclic amines) is 1. The van der Waals surface area contributed by atoms with E-state index in [9.17, 15) is 18.0 Å². The molecule has 3 rings (SSSR count). The minimum absolute atomic E-state index is 0.253. The quantitative estimate of drug-likeness (QED) is 0.884. The molecule has 1 saturated heterocycles. The van der Waals surface area contributed by atoms with Crippen LogP contribution < -0.4 is 5.32 Å². The van der Waals surface area contributed by atoms with Crippen LogP contribution in [0.2, 0.25) is 0 Å². The van der Waals surface area contributed by atoms with Gasteiger partial charge in [0.2, 0.25) is 0 Å². The molecular formula is C16H16F3N3O2. The van der Waals surface area contributed by atoms with Crippen LogP contribution in [-0.4, -0.2) is 22.6 Å². The maximum atomic E-state index is 13.0. The number of anilines is 1. The second-order valence-electron chi connectivity index (χ2n) is 5.69. The van der Waals surface area contributed by atoms with Crippen LogP contribution in [0.3, 0.4) is 0 Å². The summed E-state index contributed by atoms with van der Waals surface area (Å²) in [5.74, 6) is 0.625. The summed E-state index contributed by atoms with van der Waals surface area (Å²) in [6, 6.07) is 5.79. The summed E-state index contributed by atoms with van der Waals surface area (Å²) < 4.78 is 44.1. The summed E-state index contributed by atoms with van der Waals surface area (Å²) in [5, 5.41) is 6.29. The van der Waals surface area contributed by atoms with Crippen LogP contribution in [0.5, 0.6) is 0 Å². The van der Waals surface area contributed by atoms with Gasteiger partial charge in [0, 0.05) is 12.6 Å². The summed E-state index contributed by atoms with van der Waals surface area (Å²) >= 11 is 0. The molecule has 2 amide bonds. The predicted molar refractivity (Wildman–Crippen MR) is 80.4 cm³/mol. The van der Waals surface area contributed by atoms with Crippen LogP contribution in [-0.2, 0) is 6.18 Å². The Balaban J connectivity index is 1.80. The van der Waals surface area contributed by atoms with Gasteiger partial charge in [-0.05, 0) is 31.9 Å². The number of benzene rings is 1. The predicted octanol–water partition coefficient (Wildman–Crippen LogP) is 4.37. The first-order valence-corrected chi connectivity index (χ1v) is 7.53. The highest BCUT2D eigenvalue weighted by atomic mass is 19.4. The zero-order valence-corrected chi connectivity index (χ0v) is 12.9. The van der Waals surface area contributed by atoms with Gasteiger partial charge in [0.15, 0.2) is 0 Å². The Bertz CT molecular complexity index is 742. The maximum Gasteiger partial charge on any atom is 0.418 e. The number of rotatable bonds is 2. The van der Waals surface area contributed by atoms with Crippen LogP contribution in [0.1, 0.15) is 35.9 Å². The van der Waals surface area contributed by atoms with E-state index in [2.05, 4.69) is 10.5 Å². The first kappa shape index (κ1) is 16.4. The molecule has 0 bridgehead atoms. The smallest absolute Gasteiger partial charge is 0.361 e. The normalized spacial score (nSPS) is 18.0. The van der Waals surface area contributed by atoms with Crippen molar-refractivity contribution in [3.8, 4) is 0 Å². The largest absolute Gasteiger partial charge is 0.418 e. The number of alkyl halides is 3.